The monoisotopic (exact) mass is 749 g/mol. The Morgan fingerprint density at radius 3 is 2.52 bits per heavy atom. The van der Waals surface area contributed by atoms with Crippen LogP contribution in [-0.2, 0) is 28.7 Å². The maximum absolute atomic E-state index is 15.0. The van der Waals surface area contributed by atoms with Crippen molar-refractivity contribution in [1.29, 1.82) is 0 Å². The molecule has 2 aromatic carbocycles. The Bertz CT molecular complexity index is 1620. The number of anilines is 1. The molecule has 5 rings (SSSR count). The number of hydrogen-bond acceptors (Lipinski definition) is 7. The predicted molar refractivity (Wildman–Crippen MR) is 194 cm³/mol. The normalized spacial score (nSPS) is 26.3. The van der Waals surface area contributed by atoms with E-state index in [-0.39, 0.29) is 48.7 Å². The van der Waals surface area contributed by atoms with Gasteiger partial charge in [-0.2, -0.15) is 0 Å². The van der Waals surface area contributed by atoms with E-state index in [1.165, 1.54) is 4.90 Å². The largest absolute Gasteiger partial charge is 0.455 e. The second kappa shape index (κ2) is 15.6. The Labute approximate surface area is 303 Å². The average molecular weight is 751 g/mol. The van der Waals surface area contributed by atoms with Gasteiger partial charge in [0.05, 0.1) is 37.1 Å². The molecule has 0 aliphatic carbocycles. The van der Waals surface area contributed by atoms with E-state index in [9.17, 15) is 19.5 Å². The van der Waals surface area contributed by atoms with Gasteiger partial charge in [-0.15, -0.1) is 13.2 Å². The number of aryl methyl sites for hydroxylation is 2. The number of aliphatic hydroxyl groups excluding tert-OH is 1. The molecule has 1 unspecified atom stereocenters. The van der Waals surface area contributed by atoms with Gasteiger partial charge in [0.2, 0.25) is 11.8 Å². The van der Waals surface area contributed by atoms with Gasteiger partial charge >= 0.3 is 5.97 Å². The van der Waals surface area contributed by atoms with Crippen LogP contribution in [-0.4, -0.2) is 82.0 Å². The van der Waals surface area contributed by atoms with E-state index in [0.717, 1.165) is 11.1 Å². The average Bonchev–Trinajstić information content (AvgIpc) is 3.69. The lowest BCUT2D eigenvalue weighted by atomic mass is 9.70. The summed E-state index contributed by atoms with van der Waals surface area (Å²) in [6, 6.07) is 13.1. The van der Waals surface area contributed by atoms with Crippen molar-refractivity contribution in [1.82, 2.24) is 10.2 Å². The maximum atomic E-state index is 15.0. The fourth-order valence-electron chi connectivity index (χ4n) is 7.83. The zero-order chi connectivity index (χ0) is 36.3. The Hall–Kier alpha value is -3.80. The van der Waals surface area contributed by atoms with Gasteiger partial charge in [-0.3, -0.25) is 19.2 Å². The Morgan fingerprint density at radius 2 is 1.88 bits per heavy atom. The summed E-state index contributed by atoms with van der Waals surface area (Å²) in [5, 5.41) is 13.5. The van der Waals surface area contributed by atoms with Gasteiger partial charge in [-0.25, -0.2) is 0 Å². The molecular formula is C39H48BrN3O7. The number of amides is 3. The third-order valence-electron chi connectivity index (χ3n) is 10.3. The molecule has 3 aliphatic heterocycles. The van der Waals surface area contributed by atoms with Crippen LogP contribution in [0.15, 0.2) is 73.8 Å². The van der Waals surface area contributed by atoms with Crippen molar-refractivity contribution in [3.05, 3.63) is 90.5 Å². The van der Waals surface area contributed by atoms with Crippen molar-refractivity contribution in [3.63, 3.8) is 0 Å². The van der Waals surface area contributed by atoms with E-state index in [1.807, 2.05) is 76.2 Å². The van der Waals surface area contributed by atoms with Gasteiger partial charge in [0.1, 0.15) is 17.7 Å². The molecule has 0 radical (unpaired) electrons. The first-order chi connectivity index (χ1) is 23.9. The van der Waals surface area contributed by atoms with E-state index in [1.54, 1.807) is 17.1 Å². The highest BCUT2D eigenvalue weighted by Crippen LogP contribution is 2.61. The number of aliphatic hydroxyl groups is 1. The van der Waals surface area contributed by atoms with Crippen molar-refractivity contribution in [2.24, 2.45) is 17.8 Å². The molecule has 0 aromatic heterocycles. The van der Waals surface area contributed by atoms with E-state index < -0.39 is 53.6 Å². The number of nitrogens with one attached hydrogen (secondary N) is 1. The summed E-state index contributed by atoms with van der Waals surface area (Å²) in [4.78, 5) is 59.5. The number of rotatable bonds is 15. The number of nitrogens with zero attached hydrogens (tertiary/aromatic N) is 2. The summed E-state index contributed by atoms with van der Waals surface area (Å²) >= 11 is 3.74. The lowest BCUT2D eigenvalue weighted by molar-refractivity contribution is -0.161. The molecular weight excluding hydrogens is 702 g/mol. The number of halogens is 1. The van der Waals surface area contributed by atoms with Gasteiger partial charge in [0.25, 0.3) is 5.91 Å². The lowest BCUT2D eigenvalue weighted by Crippen LogP contribution is -2.60. The quantitative estimate of drug-likeness (QED) is 0.150. The van der Waals surface area contributed by atoms with Crippen LogP contribution in [0.25, 0.3) is 0 Å². The second-order valence-electron chi connectivity index (χ2n) is 13.9. The number of allylic oxidation sites excluding steroid dienone is 1. The third-order valence-corrected chi connectivity index (χ3v) is 11.1. The van der Waals surface area contributed by atoms with Gasteiger partial charge in [-0.1, -0.05) is 84.4 Å². The SMILES string of the molecule is C=CCCC(=O)NC[C@H](OC(=O)[C@H]1[C@@H]2O[C@@]3(CC2Br)[C@@H]1C(=O)N([C@@H](CO)C(C)C)[C@@H]3C(=O)N(CC=C)c1cc(C)ccc1C)c1ccccc1. The van der Waals surface area contributed by atoms with Gasteiger partial charge in [-0.05, 0) is 55.4 Å². The summed E-state index contributed by atoms with van der Waals surface area (Å²) < 4.78 is 12.9. The van der Waals surface area contributed by atoms with E-state index >= 15 is 4.79 Å². The minimum Gasteiger partial charge on any atom is -0.455 e. The molecule has 2 aromatic rings. The maximum Gasteiger partial charge on any atom is 0.313 e. The molecule has 0 saturated carbocycles. The molecule has 10 nitrogen and oxygen atoms in total. The Balaban J connectivity index is 1.54. The van der Waals surface area contributed by atoms with Gasteiger partial charge in [0.15, 0.2) is 0 Å². The van der Waals surface area contributed by atoms with Crippen molar-refractivity contribution < 1.29 is 33.8 Å². The molecule has 3 amide bonds. The third kappa shape index (κ3) is 6.92. The molecule has 50 heavy (non-hydrogen) atoms. The summed E-state index contributed by atoms with van der Waals surface area (Å²) in [6.07, 6.45) is 2.79. The highest BCUT2D eigenvalue weighted by atomic mass is 79.9. The number of ether oxygens (including phenoxy) is 2. The van der Waals surface area contributed by atoms with Gasteiger partial charge < -0.3 is 29.7 Å². The molecule has 11 heteroatoms. The molecule has 8 atom stereocenters. The molecule has 3 fully saturated rings. The molecule has 2 bridgehead atoms. The minimum atomic E-state index is -1.36. The second-order valence-corrected chi connectivity index (χ2v) is 15.1. The number of esters is 1. The number of fused-ring (bicyclic) bond motifs is 1. The number of alkyl halides is 1. The first kappa shape index (κ1) is 37.5. The van der Waals surface area contributed by atoms with Crippen LogP contribution in [0.3, 0.4) is 0 Å². The summed E-state index contributed by atoms with van der Waals surface area (Å²) in [5.74, 6) is -3.92. The van der Waals surface area contributed by atoms with E-state index in [4.69, 9.17) is 9.47 Å². The zero-order valence-electron chi connectivity index (χ0n) is 29.2. The van der Waals surface area contributed by atoms with E-state index in [2.05, 4.69) is 34.4 Å². The molecule has 268 valence electrons. The first-order valence-electron chi connectivity index (χ1n) is 17.3. The van der Waals surface area contributed by atoms with Crippen LogP contribution < -0.4 is 10.2 Å². The smallest absolute Gasteiger partial charge is 0.313 e. The topological polar surface area (TPSA) is 125 Å². The van der Waals surface area contributed by atoms with E-state index in [0.29, 0.717) is 24.1 Å². The van der Waals surface area contributed by atoms with Crippen molar-refractivity contribution in [2.45, 2.75) is 81.7 Å². The Kier molecular flexibility index (Phi) is 11.7. The summed E-state index contributed by atoms with van der Waals surface area (Å²) in [5.41, 5.74) is 1.84. The molecule has 3 saturated heterocycles. The lowest BCUT2D eigenvalue weighted by Gasteiger charge is -2.40. The standard InChI is InChI=1S/C39H48BrN3O7/c1-7-9-15-31(45)41-21-30(26-13-11-10-12-14-26)49-38(48)32-33-36(46)43(29(22-44)23(3)4)35(39(33)20-27(40)34(32)50-39)37(47)42(18-8-2)28-19-24(5)16-17-25(28)6/h7-8,10-14,16-17,19,23,27,29-30,32-35,44H,1-2,9,15,18,20-22H2,3-6H3,(H,41,45)/t27?,29-,30-,32+,33-,34+,35+,39-/m0/s1. The molecule has 2 N–H and O–H groups in total. The molecule has 1 spiro atoms. The van der Waals surface area contributed by atoms with Crippen LogP contribution in [0.5, 0.6) is 0 Å². The minimum absolute atomic E-state index is 0.0327. The molecule has 3 aliphatic rings. The van der Waals surface area contributed by atoms with Crippen LogP contribution in [0.2, 0.25) is 0 Å². The number of benzene rings is 2. The predicted octanol–water partition coefficient (Wildman–Crippen LogP) is 4.95. The highest BCUT2D eigenvalue weighted by molar-refractivity contribution is 9.09. The van der Waals surface area contributed by atoms with Crippen LogP contribution in [0.4, 0.5) is 5.69 Å². The summed E-state index contributed by atoms with van der Waals surface area (Å²) in [7, 11) is 0. The number of carbonyl (C=O) groups is 4. The fraction of sp³-hybridized carbons (Fsp3) is 0.487. The fourth-order valence-corrected chi connectivity index (χ4v) is 8.77. The van der Waals surface area contributed by atoms with Crippen LogP contribution in [0, 0.1) is 31.6 Å². The highest BCUT2D eigenvalue weighted by Gasteiger charge is 2.77. The van der Waals surface area contributed by atoms with Crippen molar-refractivity contribution in [2.75, 3.05) is 24.6 Å². The van der Waals surface area contributed by atoms with Crippen LogP contribution >= 0.6 is 15.9 Å². The van der Waals surface area contributed by atoms with Crippen LogP contribution in [0.1, 0.15) is 55.9 Å². The number of hydrogen-bond donors (Lipinski definition) is 2. The Morgan fingerprint density at radius 1 is 1.16 bits per heavy atom. The van der Waals surface area contributed by atoms with Crippen molar-refractivity contribution in [3.8, 4) is 0 Å². The summed E-state index contributed by atoms with van der Waals surface area (Å²) in [6.45, 7) is 15.1. The zero-order valence-corrected chi connectivity index (χ0v) is 30.8. The molecule has 3 heterocycles. The van der Waals surface area contributed by atoms with Gasteiger partial charge in [0, 0.05) is 23.5 Å². The number of likely N-dealkylation sites (tertiary alicyclic amines) is 1. The first-order valence-corrected chi connectivity index (χ1v) is 18.2. The van der Waals surface area contributed by atoms with Crippen molar-refractivity contribution >= 4 is 45.3 Å². The number of carbonyl (C=O) groups excluding carboxylic acids is 4.